The first-order chi connectivity index (χ1) is 17.3. The van der Waals surface area contributed by atoms with Gasteiger partial charge in [0.2, 0.25) is 0 Å². The molecular formula is C23H20N3O9Si. The molecule has 3 rings (SSSR count). The molecule has 3 aromatic rings. The van der Waals surface area contributed by atoms with Gasteiger partial charge in [-0.15, -0.1) is 0 Å². The largest absolute Gasteiger partial charge is 0.323 e. The lowest BCUT2D eigenvalue weighted by Crippen LogP contribution is -2.38. The summed E-state index contributed by atoms with van der Waals surface area (Å²) in [5, 5.41) is 34.2. The molecule has 0 unspecified atom stereocenters. The minimum absolute atomic E-state index is 0.130. The van der Waals surface area contributed by atoms with Crippen LogP contribution in [0.2, 0.25) is 6.04 Å². The molecule has 0 fully saturated rings. The van der Waals surface area contributed by atoms with Gasteiger partial charge in [-0.3, -0.25) is 30.3 Å². The summed E-state index contributed by atoms with van der Waals surface area (Å²) >= 11 is 0. The van der Waals surface area contributed by atoms with Gasteiger partial charge in [0, 0.05) is 34.5 Å². The number of para-hydroxylation sites is 3. The van der Waals surface area contributed by atoms with Gasteiger partial charge in [-0.2, -0.15) is 0 Å². The molecule has 3 aromatic carbocycles. The van der Waals surface area contributed by atoms with Crippen LogP contribution in [0, 0.1) is 30.3 Å². The second-order valence-electron chi connectivity index (χ2n) is 7.38. The van der Waals surface area contributed by atoms with E-state index in [-0.39, 0.29) is 59.6 Å². The molecule has 0 aliphatic carbocycles. The summed E-state index contributed by atoms with van der Waals surface area (Å²) in [6.45, 7) is -0.930. The van der Waals surface area contributed by atoms with E-state index in [2.05, 4.69) is 10.2 Å². The maximum atomic E-state index is 11.4. The Morgan fingerprint density at radius 2 is 0.861 bits per heavy atom. The van der Waals surface area contributed by atoms with Crippen molar-refractivity contribution in [2.75, 3.05) is 0 Å². The fourth-order valence-electron chi connectivity index (χ4n) is 3.27. The van der Waals surface area contributed by atoms with Crippen LogP contribution in [0.15, 0.2) is 72.8 Å². The highest BCUT2D eigenvalue weighted by molar-refractivity contribution is 6.09. The normalized spacial score (nSPS) is 11.2. The predicted octanol–water partition coefficient (Wildman–Crippen LogP) is 4.60. The second kappa shape index (κ2) is 12.1. The Kier molecular flexibility index (Phi) is 8.91. The Morgan fingerprint density at radius 3 is 1.11 bits per heavy atom. The molecule has 0 amide bonds. The molecule has 0 aromatic heterocycles. The fraction of sp³-hybridized carbons (Fsp3) is 0.217. The SMILES string of the molecule is O=[N+]([O-])c1ccccc1COC(C[Si])(OCc1ccccc1[N+](=O)[O-])OCc1ccccc1[N+](=O)[O-]. The van der Waals surface area contributed by atoms with Crippen LogP contribution in [0.1, 0.15) is 16.7 Å². The highest BCUT2D eigenvalue weighted by Crippen LogP contribution is 2.30. The van der Waals surface area contributed by atoms with E-state index in [4.69, 9.17) is 14.2 Å². The number of nitrogens with zero attached hydrogens (tertiary/aromatic N) is 3. The first-order valence-corrected chi connectivity index (χ1v) is 11.2. The molecule has 0 bridgehead atoms. The van der Waals surface area contributed by atoms with Gasteiger partial charge < -0.3 is 14.2 Å². The number of hydrogen-bond acceptors (Lipinski definition) is 9. The summed E-state index contributed by atoms with van der Waals surface area (Å²) in [6.07, 6.45) is 0. The highest BCUT2D eigenvalue weighted by Gasteiger charge is 2.34. The van der Waals surface area contributed by atoms with Gasteiger partial charge in [0.15, 0.2) is 0 Å². The average Bonchev–Trinajstić information content (AvgIpc) is 2.89. The maximum Gasteiger partial charge on any atom is 0.280 e. The molecule has 0 saturated carbocycles. The van der Waals surface area contributed by atoms with Gasteiger partial charge in [0.1, 0.15) is 0 Å². The number of nitro groups is 3. The third-order valence-electron chi connectivity index (χ3n) is 5.12. The average molecular weight is 511 g/mol. The Balaban J connectivity index is 1.89. The number of benzene rings is 3. The lowest BCUT2D eigenvalue weighted by atomic mass is 10.2. The smallest absolute Gasteiger partial charge is 0.280 e. The standard InChI is InChI=1S/C23H20N3O9Si/c27-24(28)20-10-4-1-7-17(20)13-33-23(16-36,34-14-18-8-2-5-11-21(18)25(29)30)35-15-19-9-3-6-12-22(19)26(31)32/h1-12H,13-16H2. The van der Waals surface area contributed by atoms with Crippen LogP contribution in [0.25, 0.3) is 0 Å². The Hall–Kier alpha value is -4.04. The van der Waals surface area contributed by atoms with Crippen LogP contribution in [0.4, 0.5) is 17.1 Å². The summed E-state index contributed by atoms with van der Waals surface area (Å²) in [6, 6.07) is 17.6. The molecule has 12 nitrogen and oxygen atoms in total. The van der Waals surface area contributed by atoms with E-state index in [0.717, 1.165) is 0 Å². The molecule has 13 heteroatoms. The van der Waals surface area contributed by atoms with E-state index >= 15 is 0 Å². The summed E-state index contributed by atoms with van der Waals surface area (Å²) in [4.78, 5) is 32.5. The van der Waals surface area contributed by atoms with Gasteiger partial charge in [-0.1, -0.05) is 36.4 Å². The van der Waals surface area contributed by atoms with Gasteiger partial charge in [0.25, 0.3) is 23.0 Å². The molecule has 0 N–H and O–H groups in total. The topological polar surface area (TPSA) is 157 Å². The van der Waals surface area contributed by atoms with E-state index in [1.54, 1.807) is 18.2 Å². The van der Waals surface area contributed by atoms with Crippen molar-refractivity contribution < 1.29 is 29.0 Å². The zero-order valence-corrected chi connectivity index (χ0v) is 19.8. The third-order valence-corrected chi connectivity index (χ3v) is 5.56. The minimum atomic E-state index is -1.91. The first-order valence-electron chi connectivity index (χ1n) is 10.5. The second-order valence-corrected chi connectivity index (χ2v) is 7.74. The van der Waals surface area contributed by atoms with Crippen LogP contribution in [0.3, 0.4) is 0 Å². The Labute approximate surface area is 208 Å². The first kappa shape index (κ1) is 26.6. The molecule has 0 saturated heterocycles. The van der Waals surface area contributed by atoms with Crippen LogP contribution >= 0.6 is 0 Å². The fourth-order valence-corrected chi connectivity index (χ4v) is 3.58. The van der Waals surface area contributed by atoms with Crippen LogP contribution in [0.5, 0.6) is 0 Å². The number of nitro benzene ring substituents is 3. The molecular weight excluding hydrogens is 490 g/mol. The van der Waals surface area contributed by atoms with Crippen molar-refractivity contribution in [2.45, 2.75) is 31.8 Å². The van der Waals surface area contributed by atoms with Gasteiger partial charge in [-0.25, -0.2) is 0 Å². The zero-order chi connectivity index (χ0) is 26.1. The zero-order valence-electron chi connectivity index (χ0n) is 18.8. The van der Waals surface area contributed by atoms with Crippen molar-refractivity contribution in [3.8, 4) is 0 Å². The molecule has 36 heavy (non-hydrogen) atoms. The van der Waals surface area contributed by atoms with E-state index in [0.29, 0.717) is 0 Å². The van der Waals surface area contributed by atoms with Crippen molar-refractivity contribution in [3.63, 3.8) is 0 Å². The number of hydrogen-bond donors (Lipinski definition) is 0. The quantitative estimate of drug-likeness (QED) is 0.139. The monoisotopic (exact) mass is 510 g/mol. The molecule has 0 aliphatic heterocycles. The van der Waals surface area contributed by atoms with E-state index < -0.39 is 20.7 Å². The maximum absolute atomic E-state index is 11.4. The lowest BCUT2D eigenvalue weighted by molar-refractivity contribution is -0.398. The van der Waals surface area contributed by atoms with E-state index in [1.165, 1.54) is 54.6 Å². The molecule has 0 spiro atoms. The molecule has 0 heterocycles. The summed E-state index contributed by atoms with van der Waals surface area (Å²) in [7, 11) is 3.32. The van der Waals surface area contributed by atoms with Crippen LogP contribution in [-0.4, -0.2) is 31.0 Å². The van der Waals surface area contributed by atoms with Crippen LogP contribution in [-0.2, 0) is 34.0 Å². The third kappa shape index (κ3) is 6.54. The Morgan fingerprint density at radius 1 is 0.583 bits per heavy atom. The van der Waals surface area contributed by atoms with Crippen LogP contribution < -0.4 is 0 Å². The predicted molar refractivity (Wildman–Crippen MR) is 127 cm³/mol. The van der Waals surface area contributed by atoms with Gasteiger partial charge in [-0.05, 0) is 18.2 Å². The highest BCUT2D eigenvalue weighted by atomic mass is 28.1. The minimum Gasteiger partial charge on any atom is -0.323 e. The van der Waals surface area contributed by atoms with Crippen molar-refractivity contribution in [2.24, 2.45) is 0 Å². The molecule has 185 valence electrons. The van der Waals surface area contributed by atoms with E-state index in [9.17, 15) is 30.3 Å². The van der Waals surface area contributed by atoms with Gasteiger partial charge >= 0.3 is 0 Å². The number of rotatable bonds is 13. The van der Waals surface area contributed by atoms with Crippen molar-refractivity contribution in [1.29, 1.82) is 0 Å². The summed E-state index contributed by atoms with van der Waals surface area (Å²) in [5.74, 6) is -1.91. The number of ether oxygens (including phenoxy) is 3. The van der Waals surface area contributed by atoms with Crippen molar-refractivity contribution in [1.82, 2.24) is 0 Å². The van der Waals surface area contributed by atoms with Crippen molar-refractivity contribution in [3.05, 3.63) is 120 Å². The lowest BCUT2D eigenvalue weighted by Gasteiger charge is -2.32. The molecule has 0 aliphatic rings. The van der Waals surface area contributed by atoms with Gasteiger partial charge in [0.05, 0.1) is 51.3 Å². The van der Waals surface area contributed by atoms with Crippen molar-refractivity contribution >= 4 is 27.3 Å². The van der Waals surface area contributed by atoms with E-state index in [1.807, 2.05) is 0 Å². The molecule has 0 atom stereocenters. The summed E-state index contributed by atoms with van der Waals surface area (Å²) in [5.41, 5.74) is 0.148. The molecule has 3 radical (unpaired) electrons. The summed E-state index contributed by atoms with van der Waals surface area (Å²) < 4.78 is 17.6. The Bertz CT molecular complexity index is 1110.